The van der Waals surface area contributed by atoms with Crippen LogP contribution in [0.5, 0.6) is 11.5 Å². The van der Waals surface area contributed by atoms with Gasteiger partial charge in [-0.15, -0.1) is 0 Å². The van der Waals surface area contributed by atoms with Crippen LogP contribution in [0.4, 0.5) is 5.69 Å². The number of amides is 1. The lowest BCUT2D eigenvalue weighted by atomic mass is 10.1. The molecule has 1 aliphatic heterocycles. The Morgan fingerprint density at radius 3 is 2.66 bits per heavy atom. The fraction of sp³-hybridized carbons (Fsp3) is 0.190. The zero-order chi connectivity index (χ0) is 20.8. The number of methoxy groups -OCH3 is 1. The summed E-state index contributed by atoms with van der Waals surface area (Å²) in [5, 5.41) is 12.4. The lowest BCUT2D eigenvalue weighted by molar-refractivity contribution is -0.145. The van der Waals surface area contributed by atoms with Crippen LogP contribution in [0.2, 0.25) is 0 Å². The fourth-order valence-corrected chi connectivity index (χ4v) is 3.43. The quantitative estimate of drug-likeness (QED) is 0.671. The van der Waals surface area contributed by atoms with E-state index >= 15 is 0 Å². The first-order valence-electron chi connectivity index (χ1n) is 8.92. The smallest absolute Gasteiger partial charge is 0.344 e. The Morgan fingerprint density at radius 1 is 1.24 bits per heavy atom. The Labute approximate surface area is 172 Å². The van der Waals surface area contributed by atoms with Gasteiger partial charge in [0.05, 0.1) is 17.7 Å². The van der Waals surface area contributed by atoms with E-state index in [9.17, 15) is 9.59 Å². The first-order valence-corrected chi connectivity index (χ1v) is 9.74. The highest BCUT2D eigenvalue weighted by molar-refractivity contribution is 8.18. The third-order valence-corrected chi connectivity index (χ3v) is 4.95. The van der Waals surface area contributed by atoms with Gasteiger partial charge in [-0.05, 0) is 54.1 Å². The number of nitrogens with zero attached hydrogens (tertiary/aromatic N) is 1. The molecule has 1 fully saturated rings. The van der Waals surface area contributed by atoms with Crippen molar-refractivity contribution in [1.29, 1.82) is 0 Å². The standard InChI is InChI=1S/C21H20N2O5S/c1-3-15(20(25)26)28-16-10-9-13(11-17(16)27-2)12-18-19(24)23-21(29-18)22-14-7-5-4-6-8-14/h4-12,15H,3H2,1-2H3,(H,25,26)(H,22,23,24)/b18-12+. The number of ether oxygens (including phenoxy) is 2. The Kier molecular flexibility index (Phi) is 6.56. The van der Waals surface area contributed by atoms with Gasteiger partial charge in [-0.25, -0.2) is 9.79 Å². The van der Waals surface area contributed by atoms with Gasteiger partial charge in [0.15, 0.2) is 22.8 Å². The third kappa shape index (κ3) is 5.17. The molecule has 1 saturated heterocycles. The zero-order valence-electron chi connectivity index (χ0n) is 15.9. The van der Waals surface area contributed by atoms with Crippen molar-refractivity contribution in [3.05, 3.63) is 59.0 Å². The molecule has 2 aromatic rings. The summed E-state index contributed by atoms with van der Waals surface area (Å²) in [7, 11) is 1.47. The van der Waals surface area contributed by atoms with Crippen molar-refractivity contribution in [2.45, 2.75) is 19.4 Å². The predicted octanol–water partition coefficient (Wildman–Crippen LogP) is 3.83. The van der Waals surface area contributed by atoms with E-state index in [1.807, 2.05) is 30.3 Å². The van der Waals surface area contributed by atoms with Crippen molar-refractivity contribution in [2.75, 3.05) is 7.11 Å². The van der Waals surface area contributed by atoms with Crippen molar-refractivity contribution >= 4 is 40.6 Å². The number of rotatable bonds is 7. The molecule has 0 radical (unpaired) electrons. The summed E-state index contributed by atoms with van der Waals surface area (Å²) in [6.45, 7) is 1.73. The van der Waals surface area contributed by atoms with Crippen molar-refractivity contribution in [2.24, 2.45) is 4.99 Å². The number of carboxylic acid groups (broad SMARTS) is 1. The Balaban J connectivity index is 1.80. The summed E-state index contributed by atoms with van der Waals surface area (Å²) >= 11 is 1.24. The van der Waals surface area contributed by atoms with Crippen LogP contribution >= 0.6 is 11.8 Å². The summed E-state index contributed by atoms with van der Waals surface area (Å²) in [6.07, 6.45) is 1.08. The normalized spacial score (nSPS) is 17.2. The van der Waals surface area contributed by atoms with Gasteiger partial charge in [0.1, 0.15) is 0 Å². The van der Waals surface area contributed by atoms with Crippen LogP contribution in [0.25, 0.3) is 6.08 Å². The molecule has 0 spiro atoms. The van der Waals surface area contributed by atoms with Crippen LogP contribution < -0.4 is 14.8 Å². The highest BCUT2D eigenvalue weighted by atomic mass is 32.2. The number of hydrogen-bond donors (Lipinski definition) is 2. The number of aliphatic imine (C=N–C) groups is 1. The van der Waals surface area contributed by atoms with E-state index in [0.717, 1.165) is 11.3 Å². The molecule has 2 aromatic carbocycles. The van der Waals surface area contributed by atoms with Crippen molar-refractivity contribution in [1.82, 2.24) is 5.32 Å². The zero-order valence-corrected chi connectivity index (χ0v) is 16.7. The molecule has 1 unspecified atom stereocenters. The van der Waals surface area contributed by atoms with Crippen LogP contribution in [0.15, 0.2) is 58.4 Å². The Hall–Kier alpha value is -3.26. The SMILES string of the molecule is CCC(Oc1ccc(/C=C2/SC(=Nc3ccccc3)NC2=O)cc1OC)C(=O)O. The second-order valence-electron chi connectivity index (χ2n) is 6.08. The summed E-state index contributed by atoms with van der Waals surface area (Å²) < 4.78 is 10.9. The largest absolute Gasteiger partial charge is 0.493 e. The Morgan fingerprint density at radius 2 is 2.00 bits per heavy atom. The molecule has 150 valence electrons. The number of carbonyl (C=O) groups is 2. The summed E-state index contributed by atoms with van der Waals surface area (Å²) in [6, 6.07) is 14.4. The summed E-state index contributed by atoms with van der Waals surface area (Å²) in [4.78, 5) is 28.4. The molecule has 3 rings (SSSR count). The van der Waals surface area contributed by atoms with E-state index in [2.05, 4.69) is 10.3 Å². The molecule has 0 aromatic heterocycles. The van der Waals surface area contributed by atoms with Crippen LogP contribution in [0.1, 0.15) is 18.9 Å². The minimum atomic E-state index is -1.04. The maximum absolute atomic E-state index is 12.3. The van der Waals surface area contributed by atoms with Crippen LogP contribution in [0.3, 0.4) is 0 Å². The van der Waals surface area contributed by atoms with E-state index in [1.165, 1.54) is 18.9 Å². The molecule has 1 aliphatic rings. The van der Waals surface area contributed by atoms with Crippen LogP contribution in [0, 0.1) is 0 Å². The first-order chi connectivity index (χ1) is 14.0. The van der Waals surface area contributed by atoms with Gasteiger partial charge in [0.2, 0.25) is 0 Å². The maximum Gasteiger partial charge on any atom is 0.344 e. The van der Waals surface area contributed by atoms with Gasteiger partial charge in [-0.2, -0.15) is 0 Å². The van der Waals surface area contributed by atoms with Gasteiger partial charge in [0.25, 0.3) is 5.91 Å². The molecule has 8 heteroatoms. The van der Waals surface area contributed by atoms with Gasteiger partial charge in [-0.3, -0.25) is 4.79 Å². The minimum Gasteiger partial charge on any atom is -0.493 e. The molecule has 7 nitrogen and oxygen atoms in total. The number of nitrogens with one attached hydrogen (secondary N) is 1. The second-order valence-corrected chi connectivity index (χ2v) is 7.11. The molecular weight excluding hydrogens is 392 g/mol. The van der Waals surface area contributed by atoms with Gasteiger partial charge >= 0.3 is 5.97 Å². The van der Waals surface area contributed by atoms with Crippen molar-refractivity contribution in [3.63, 3.8) is 0 Å². The average Bonchev–Trinajstić information content (AvgIpc) is 3.05. The van der Waals surface area contributed by atoms with Crippen LogP contribution in [-0.4, -0.2) is 35.4 Å². The first kappa shape index (κ1) is 20.5. The fourth-order valence-electron chi connectivity index (χ4n) is 2.58. The molecule has 0 saturated carbocycles. The number of aliphatic carboxylic acids is 1. The topological polar surface area (TPSA) is 97.2 Å². The van der Waals surface area contributed by atoms with Crippen molar-refractivity contribution in [3.8, 4) is 11.5 Å². The summed E-state index contributed by atoms with van der Waals surface area (Å²) in [5.41, 5.74) is 1.47. The molecular formula is C21H20N2O5S. The number of benzene rings is 2. The lowest BCUT2D eigenvalue weighted by Gasteiger charge is -2.16. The number of thioether (sulfide) groups is 1. The average molecular weight is 412 g/mol. The lowest BCUT2D eigenvalue weighted by Crippen LogP contribution is -2.26. The van der Waals surface area contributed by atoms with E-state index in [0.29, 0.717) is 28.0 Å². The molecule has 0 aliphatic carbocycles. The van der Waals surface area contributed by atoms with E-state index in [1.54, 1.807) is 31.2 Å². The molecule has 1 atom stereocenters. The number of carboxylic acids is 1. The minimum absolute atomic E-state index is 0.235. The second kappa shape index (κ2) is 9.29. The molecule has 2 N–H and O–H groups in total. The third-order valence-electron chi connectivity index (χ3n) is 4.04. The van der Waals surface area contributed by atoms with Crippen LogP contribution in [-0.2, 0) is 9.59 Å². The van der Waals surface area contributed by atoms with E-state index in [-0.39, 0.29) is 5.91 Å². The summed E-state index contributed by atoms with van der Waals surface area (Å²) in [5.74, 6) is -0.551. The van der Waals surface area contributed by atoms with Gasteiger partial charge in [0, 0.05) is 0 Å². The van der Waals surface area contributed by atoms with Gasteiger partial charge < -0.3 is 19.9 Å². The molecule has 29 heavy (non-hydrogen) atoms. The van der Waals surface area contributed by atoms with Gasteiger partial charge in [-0.1, -0.05) is 31.2 Å². The molecule has 1 amide bonds. The number of hydrogen-bond acceptors (Lipinski definition) is 6. The van der Waals surface area contributed by atoms with E-state index < -0.39 is 12.1 Å². The number of amidine groups is 1. The molecule has 1 heterocycles. The monoisotopic (exact) mass is 412 g/mol. The highest BCUT2D eigenvalue weighted by Gasteiger charge is 2.24. The predicted molar refractivity (Wildman–Crippen MR) is 113 cm³/mol. The highest BCUT2D eigenvalue weighted by Crippen LogP contribution is 2.33. The molecule has 0 bridgehead atoms. The Bertz CT molecular complexity index is 972. The maximum atomic E-state index is 12.3. The van der Waals surface area contributed by atoms with E-state index in [4.69, 9.17) is 14.6 Å². The number of para-hydroxylation sites is 1. The van der Waals surface area contributed by atoms with Crippen molar-refractivity contribution < 1.29 is 24.2 Å². The number of carbonyl (C=O) groups excluding carboxylic acids is 1.